The molecule has 0 unspecified atom stereocenters. The van der Waals surface area contributed by atoms with Crippen molar-refractivity contribution in [2.45, 2.75) is 6.42 Å². The molecule has 5 heteroatoms. The van der Waals surface area contributed by atoms with E-state index in [9.17, 15) is 9.18 Å². The van der Waals surface area contributed by atoms with E-state index in [1.807, 2.05) is 0 Å². The first-order valence-electron chi connectivity index (χ1n) is 6.10. The average molecular weight is 252 g/mol. The van der Waals surface area contributed by atoms with Crippen LogP contribution >= 0.6 is 0 Å². The third-order valence-electron chi connectivity index (χ3n) is 2.88. The minimum Gasteiger partial charge on any atom is -0.490 e. The van der Waals surface area contributed by atoms with Crippen LogP contribution in [0.3, 0.4) is 0 Å². The van der Waals surface area contributed by atoms with E-state index in [-0.39, 0.29) is 24.7 Å². The van der Waals surface area contributed by atoms with Gasteiger partial charge in [0.1, 0.15) is 0 Å². The lowest BCUT2D eigenvalue weighted by Crippen LogP contribution is -2.48. The Morgan fingerprint density at radius 1 is 1.44 bits per heavy atom. The van der Waals surface area contributed by atoms with Crippen molar-refractivity contribution in [1.29, 1.82) is 0 Å². The molecule has 1 aliphatic heterocycles. The smallest absolute Gasteiger partial charge is 0.223 e. The number of hydrogen-bond donors (Lipinski definition) is 2. The van der Waals surface area contributed by atoms with E-state index in [0.29, 0.717) is 12.5 Å². The van der Waals surface area contributed by atoms with Gasteiger partial charge in [0.25, 0.3) is 0 Å². The molecule has 4 nitrogen and oxygen atoms in total. The van der Waals surface area contributed by atoms with Crippen molar-refractivity contribution in [1.82, 2.24) is 10.6 Å². The van der Waals surface area contributed by atoms with Crippen molar-refractivity contribution < 1.29 is 13.9 Å². The molecule has 0 saturated carbocycles. The molecule has 0 aromatic heterocycles. The van der Waals surface area contributed by atoms with Crippen LogP contribution in [0.2, 0.25) is 0 Å². The summed E-state index contributed by atoms with van der Waals surface area (Å²) < 4.78 is 18.4. The van der Waals surface area contributed by atoms with Crippen LogP contribution in [0.4, 0.5) is 4.39 Å². The molecule has 0 radical (unpaired) electrons. The predicted octanol–water partition coefficient (Wildman–Crippen LogP) is 0.930. The second-order valence-corrected chi connectivity index (χ2v) is 4.36. The van der Waals surface area contributed by atoms with Gasteiger partial charge in [-0.05, 0) is 12.1 Å². The standard InChI is InChI=1S/C13H17FN2O2/c14-11-3-1-2-4-12(11)18-6-5-13(17)16-9-10-7-15-8-10/h1-4,10,15H,5-9H2,(H,16,17). The Labute approximate surface area is 106 Å². The third kappa shape index (κ3) is 3.70. The molecular formula is C13H17FN2O2. The molecule has 1 aromatic carbocycles. The minimum atomic E-state index is -0.404. The molecule has 0 atom stereocenters. The fourth-order valence-electron chi connectivity index (χ4n) is 1.65. The van der Waals surface area contributed by atoms with E-state index >= 15 is 0 Å². The molecule has 1 aromatic rings. The number of nitrogens with one attached hydrogen (secondary N) is 2. The average Bonchev–Trinajstić information content (AvgIpc) is 2.30. The van der Waals surface area contributed by atoms with Crippen molar-refractivity contribution in [3.05, 3.63) is 30.1 Å². The van der Waals surface area contributed by atoms with E-state index in [0.717, 1.165) is 13.1 Å². The van der Waals surface area contributed by atoms with Gasteiger partial charge in [0.05, 0.1) is 13.0 Å². The van der Waals surface area contributed by atoms with Crippen LogP contribution in [-0.2, 0) is 4.79 Å². The highest BCUT2D eigenvalue weighted by molar-refractivity contribution is 5.76. The first-order chi connectivity index (χ1) is 8.75. The molecule has 0 spiro atoms. The highest BCUT2D eigenvalue weighted by Crippen LogP contribution is 2.15. The molecule has 1 aliphatic rings. The van der Waals surface area contributed by atoms with Gasteiger partial charge in [0, 0.05) is 25.6 Å². The van der Waals surface area contributed by atoms with Crippen molar-refractivity contribution in [3.63, 3.8) is 0 Å². The third-order valence-corrected chi connectivity index (χ3v) is 2.88. The normalized spacial score (nSPS) is 14.9. The maximum atomic E-state index is 13.2. The molecule has 2 N–H and O–H groups in total. The van der Waals surface area contributed by atoms with Crippen LogP contribution < -0.4 is 15.4 Å². The lowest BCUT2D eigenvalue weighted by Gasteiger charge is -2.27. The van der Waals surface area contributed by atoms with Gasteiger partial charge in [-0.25, -0.2) is 4.39 Å². The van der Waals surface area contributed by atoms with Gasteiger partial charge >= 0.3 is 0 Å². The van der Waals surface area contributed by atoms with Crippen LogP contribution in [0.5, 0.6) is 5.75 Å². The Balaban J connectivity index is 1.62. The summed E-state index contributed by atoms with van der Waals surface area (Å²) in [4.78, 5) is 11.5. The Morgan fingerprint density at radius 2 is 2.22 bits per heavy atom. The number of para-hydroxylation sites is 1. The Morgan fingerprint density at radius 3 is 2.89 bits per heavy atom. The van der Waals surface area contributed by atoms with Gasteiger partial charge in [0.15, 0.2) is 11.6 Å². The number of benzene rings is 1. The lowest BCUT2D eigenvalue weighted by atomic mass is 10.0. The molecule has 0 aliphatic carbocycles. The molecule has 18 heavy (non-hydrogen) atoms. The minimum absolute atomic E-state index is 0.0572. The molecule has 1 fully saturated rings. The van der Waals surface area contributed by atoms with Crippen LogP contribution in [0.25, 0.3) is 0 Å². The van der Waals surface area contributed by atoms with Crippen molar-refractivity contribution in [2.75, 3.05) is 26.2 Å². The zero-order valence-electron chi connectivity index (χ0n) is 10.1. The van der Waals surface area contributed by atoms with Gasteiger partial charge in [-0.1, -0.05) is 12.1 Å². The number of halogens is 1. The zero-order valence-corrected chi connectivity index (χ0v) is 10.1. The first-order valence-corrected chi connectivity index (χ1v) is 6.10. The maximum Gasteiger partial charge on any atom is 0.223 e. The molecule has 1 saturated heterocycles. The largest absolute Gasteiger partial charge is 0.490 e. The molecule has 0 bridgehead atoms. The van der Waals surface area contributed by atoms with Gasteiger partial charge in [-0.3, -0.25) is 4.79 Å². The summed E-state index contributed by atoms with van der Waals surface area (Å²) in [7, 11) is 0. The maximum absolute atomic E-state index is 13.2. The second-order valence-electron chi connectivity index (χ2n) is 4.36. The summed E-state index contributed by atoms with van der Waals surface area (Å²) in [6, 6.07) is 6.18. The number of carbonyl (C=O) groups excluding carboxylic acids is 1. The predicted molar refractivity (Wildman–Crippen MR) is 65.9 cm³/mol. The van der Waals surface area contributed by atoms with E-state index in [4.69, 9.17) is 4.74 Å². The van der Waals surface area contributed by atoms with Gasteiger partial charge in [-0.15, -0.1) is 0 Å². The Bertz CT molecular complexity index is 408. The summed E-state index contributed by atoms with van der Waals surface area (Å²) in [6.07, 6.45) is 0.245. The van der Waals surface area contributed by atoms with Gasteiger partial charge in [-0.2, -0.15) is 0 Å². The van der Waals surface area contributed by atoms with Crippen LogP contribution in [0, 0.1) is 11.7 Å². The highest BCUT2D eigenvalue weighted by atomic mass is 19.1. The molecule has 2 rings (SSSR count). The van der Waals surface area contributed by atoms with Crippen molar-refractivity contribution in [2.24, 2.45) is 5.92 Å². The summed E-state index contributed by atoms with van der Waals surface area (Å²) in [5.41, 5.74) is 0. The summed E-state index contributed by atoms with van der Waals surface area (Å²) in [5, 5.41) is 5.97. The summed E-state index contributed by atoms with van der Waals surface area (Å²) >= 11 is 0. The lowest BCUT2D eigenvalue weighted by molar-refractivity contribution is -0.121. The zero-order chi connectivity index (χ0) is 12.8. The van der Waals surface area contributed by atoms with E-state index in [1.54, 1.807) is 18.2 Å². The van der Waals surface area contributed by atoms with E-state index in [2.05, 4.69) is 10.6 Å². The Hall–Kier alpha value is -1.62. The number of hydrogen-bond acceptors (Lipinski definition) is 3. The molecule has 98 valence electrons. The summed E-state index contributed by atoms with van der Waals surface area (Å²) in [6.45, 7) is 2.82. The fourth-order valence-corrected chi connectivity index (χ4v) is 1.65. The van der Waals surface area contributed by atoms with E-state index in [1.165, 1.54) is 6.07 Å². The SMILES string of the molecule is O=C(CCOc1ccccc1F)NCC1CNC1. The van der Waals surface area contributed by atoms with Crippen LogP contribution in [0.1, 0.15) is 6.42 Å². The van der Waals surface area contributed by atoms with Gasteiger partial charge < -0.3 is 15.4 Å². The monoisotopic (exact) mass is 252 g/mol. The van der Waals surface area contributed by atoms with Crippen LogP contribution in [-0.4, -0.2) is 32.1 Å². The number of amides is 1. The highest BCUT2D eigenvalue weighted by Gasteiger charge is 2.16. The van der Waals surface area contributed by atoms with Gasteiger partial charge in [0.2, 0.25) is 5.91 Å². The number of rotatable bonds is 6. The molecule has 1 heterocycles. The fraction of sp³-hybridized carbons (Fsp3) is 0.462. The number of carbonyl (C=O) groups is 1. The van der Waals surface area contributed by atoms with Crippen LogP contribution in [0.15, 0.2) is 24.3 Å². The Kier molecular flexibility index (Phi) is 4.52. The van der Waals surface area contributed by atoms with E-state index < -0.39 is 5.82 Å². The van der Waals surface area contributed by atoms with Crippen molar-refractivity contribution in [3.8, 4) is 5.75 Å². The first kappa shape index (κ1) is 12.8. The second kappa shape index (κ2) is 6.35. The number of ether oxygens (including phenoxy) is 1. The molecule has 1 amide bonds. The quantitative estimate of drug-likeness (QED) is 0.792. The van der Waals surface area contributed by atoms with Crippen molar-refractivity contribution >= 4 is 5.91 Å². The molecular weight excluding hydrogens is 235 g/mol. The summed E-state index contributed by atoms with van der Waals surface area (Å²) in [5.74, 6) is 0.270. The topological polar surface area (TPSA) is 50.4 Å².